The fourth-order valence-electron chi connectivity index (χ4n) is 3.73. The molecule has 3 aromatic carbocycles. The number of quaternary nitrogens is 1. The van der Waals surface area contributed by atoms with Gasteiger partial charge in [0.1, 0.15) is 6.04 Å². The van der Waals surface area contributed by atoms with E-state index in [9.17, 15) is 4.79 Å². The maximum atomic E-state index is 13.0. The first-order chi connectivity index (χ1) is 13.5. The highest BCUT2D eigenvalue weighted by Gasteiger charge is 2.25. The van der Waals surface area contributed by atoms with Crippen LogP contribution in [0.2, 0.25) is 0 Å². The third-order valence-corrected chi connectivity index (χ3v) is 5.14. The summed E-state index contributed by atoms with van der Waals surface area (Å²) in [7, 11) is 0. The molecule has 3 nitrogen and oxygen atoms in total. The lowest BCUT2D eigenvalue weighted by molar-refractivity contribution is -0.704. The van der Waals surface area contributed by atoms with Gasteiger partial charge in [0.05, 0.1) is 0 Å². The molecule has 0 bridgehead atoms. The number of amides is 1. The minimum Gasteiger partial charge on any atom is -0.326 e. The topological polar surface area (TPSA) is 45.7 Å². The minimum atomic E-state index is -0.231. The SMILES string of the molecule is Cc1cc(C)c(NC(=O)[C@H](C)[NH2+]C(c2ccccc2)c2ccccc2)c(C)c1. The molecule has 0 unspecified atom stereocenters. The largest absolute Gasteiger partial charge is 0.326 e. The molecule has 3 N–H and O–H groups in total. The van der Waals surface area contributed by atoms with E-state index in [0.717, 1.165) is 16.8 Å². The van der Waals surface area contributed by atoms with E-state index >= 15 is 0 Å². The van der Waals surface area contributed by atoms with Gasteiger partial charge in [-0.1, -0.05) is 78.4 Å². The van der Waals surface area contributed by atoms with Crippen LogP contribution in [0.3, 0.4) is 0 Å². The highest BCUT2D eigenvalue weighted by Crippen LogP contribution is 2.22. The molecule has 28 heavy (non-hydrogen) atoms. The highest BCUT2D eigenvalue weighted by atomic mass is 16.2. The number of nitrogens with one attached hydrogen (secondary N) is 1. The molecule has 0 heterocycles. The minimum absolute atomic E-state index is 0.0203. The normalized spacial score (nSPS) is 12.0. The molecule has 0 aromatic heterocycles. The number of carbonyl (C=O) groups is 1. The van der Waals surface area contributed by atoms with Crippen LogP contribution in [0.1, 0.15) is 40.8 Å². The smallest absolute Gasteiger partial charge is 0.282 e. The number of hydrogen-bond acceptors (Lipinski definition) is 1. The van der Waals surface area contributed by atoms with Gasteiger partial charge in [-0.2, -0.15) is 0 Å². The van der Waals surface area contributed by atoms with E-state index < -0.39 is 0 Å². The van der Waals surface area contributed by atoms with Crippen LogP contribution in [-0.2, 0) is 4.79 Å². The van der Waals surface area contributed by atoms with Crippen LogP contribution in [0.15, 0.2) is 72.8 Å². The van der Waals surface area contributed by atoms with Crippen molar-refractivity contribution in [1.29, 1.82) is 0 Å². The van der Waals surface area contributed by atoms with Gasteiger partial charge in [-0.25, -0.2) is 0 Å². The quantitative estimate of drug-likeness (QED) is 0.665. The number of aryl methyl sites for hydroxylation is 3. The molecular formula is C25H29N2O+. The van der Waals surface area contributed by atoms with Gasteiger partial charge in [-0.05, 0) is 38.8 Å². The molecule has 3 heteroatoms. The number of hydrogen-bond donors (Lipinski definition) is 2. The van der Waals surface area contributed by atoms with Crippen LogP contribution in [0, 0.1) is 20.8 Å². The van der Waals surface area contributed by atoms with Gasteiger partial charge in [0, 0.05) is 16.8 Å². The van der Waals surface area contributed by atoms with Gasteiger partial charge in [0.2, 0.25) is 0 Å². The lowest BCUT2D eigenvalue weighted by Crippen LogP contribution is -2.92. The van der Waals surface area contributed by atoms with E-state index in [-0.39, 0.29) is 18.0 Å². The van der Waals surface area contributed by atoms with Crippen molar-refractivity contribution in [2.24, 2.45) is 0 Å². The predicted molar refractivity (Wildman–Crippen MR) is 115 cm³/mol. The number of carbonyl (C=O) groups excluding carboxylic acids is 1. The number of rotatable bonds is 6. The molecule has 0 saturated heterocycles. The summed E-state index contributed by atoms with van der Waals surface area (Å²) in [5.41, 5.74) is 6.71. The highest BCUT2D eigenvalue weighted by molar-refractivity contribution is 5.95. The molecule has 3 rings (SSSR count). The third kappa shape index (κ3) is 4.68. The molecule has 0 aliphatic rings. The number of benzene rings is 3. The van der Waals surface area contributed by atoms with Crippen molar-refractivity contribution in [3.8, 4) is 0 Å². The zero-order chi connectivity index (χ0) is 20.1. The van der Waals surface area contributed by atoms with Crippen molar-refractivity contribution in [3.05, 3.63) is 101 Å². The molecule has 0 radical (unpaired) electrons. The van der Waals surface area contributed by atoms with Gasteiger partial charge >= 0.3 is 0 Å². The Morgan fingerprint density at radius 3 is 1.75 bits per heavy atom. The first kappa shape index (κ1) is 19.8. The molecule has 0 aliphatic heterocycles. The van der Waals surface area contributed by atoms with E-state index in [1.807, 2.05) is 57.2 Å². The molecule has 3 aromatic rings. The Balaban J connectivity index is 1.80. The molecular weight excluding hydrogens is 344 g/mol. The van der Waals surface area contributed by atoms with Crippen LogP contribution in [-0.4, -0.2) is 11.9 Å². The van der Waals surface area contributed by atoms with Crippen molar-refractivity contribution in [3.63, 3.8) is 0 Å². The van der Waals surface area contributed by atoms with Crippen molar-refractivity contribution in [2.75, 3.05) is 5.32 Å². The maximum absolute atomic E-state index is 13.0. The van der Waals surface area contributed by atoms with Crippen molar-refractivity contribution >= 4 is 11.6 Å². The van der Waals surface area contributed by atoms with Crippen LogP contribution < -0.4 is 10.6 Å². The Labute approximate surface area is 167 Å². The van der Waals surface area contributed by atoms with E-state index in [4.69, 9.17) is 0 Å². The van der Waals surface area contributed by atoms with Crippen LogP contribution in [0.4, 0.5) is 5.69 Å². The molecule has 1 amide bonds. The molecule has 0 aliphatic carbocycles. The Bertz CT molecular complexity index is 873. The van der Waals surface area contributed by atoms with Gasteiger partial charge in [-0.15, -0.1) is 0 Å². The van der Waals surface area contributed by atoms with E-state index in [1.165, 1.54) is 16.7 Å². The summed E-state index contributed by atoms with van der Waals surface area (Å²) in [6, 6.07) is 24.7. The predicted octanol–water partition coefficient (Wildman–Crippen LogP) is 4.29. The Kier molecular flexibility index (Phi) is 6.27. The maximum Gasteiger partial charge on any atom is 0.282 e. The first-order valence-electron chi connectivity index (χ1n) is 9.79. The summed E-state index contributed by atoms with van der Waals surface area (Å²) in [4.78, 5) is 13.0. The summed E-state index contributed by atoms with van der Waals surface area (Å²) in [5, 5.41) is 5.28. The van der Waals surface area contributed by atoms with Gasteiger partial charge < -0.3 is 10.6 Å². The summed E-state index contributed by atoms with van der Waals surface area (Å²) in [6.07, 6.45) is 0. The molecule has 144 valence electrons. The summed E-state index contributed by atoms with van der Waals surface area (Å²) < 4.78 is 0. The summed E-state index contributed by atoms with van der Waals surface area (Å²) in [6.45, 7) is 8.13. The van der Waals surface area contributed by atoms with E-state index in [0.29, 0.717) is 0 Å². The molecule has 0 saturated carbocycles. The summed E-state index contributed by atoms with van der Waals surface area (Å²) >= 11 is 0. The monoisotopic (exact) mass is 373 g/mol. The van der Waals surface area contributed by atoms with Crippen LogP contribution in [0.5, 0.6) is 0 Å². The van der Waals surface area contributed by atoms with Crippen LogP contribution in [0.25, 0.3) is 0 Å². The van der Waals surface area contributed by atoms with Crippen molar-refractivity contribution < 1.29 is 10.1 Å². The van der Waals surface area contributed by atoms with Crippen LogP contribution >= 0.6 is 0 Å². The Morgan fingerprint density at radius 2 is 1.29 bits per heavy atom. The molecule has 0 spiro atoms. The van der Waals surface area contributed by atoms with Crippen molar-refractivity contribution in [1.82, 2.24) is 0 Å². The third-order valence-electron chi connectivity index (χ3n) is 5.14. The Hall–Kier alpha value is -2.91. The lowest BCUT2D eigenvalue weighted by Gasteiger charge is -2.21. The summed E-state index contributed by atoms with van der Waals surface area (Å²) in [5.74, 6) is 0.0203. The van der Waals surface area contributed by atoms with E-state index in [2.05, 4.69) is 54.0 Å². The standard InChI is InChI=1S/C25H28N2O/c1-17-15-18(2)23(19(3)16-17)27-25(28)20(4)26-24(21-11-7-5-8-12-21)22-13-9-6-10-14-22/h5-16,20,24,26H,1-4H3,(H,27,28)/p+1/t20-/m0/s1. The molecule has 1 atom stereocenters. The second kappa shape index (κ2) is 8.85. The second-order valence-corrected chi connectivity index (χ2v) is 7.54. The zero-order valence-electron chi connectivity index (χ0n) is 17.1. The second-order valence-electron chi connectivity index (χ2n) is 7.54. The average molecular weight is 374 g/mol. The van der Waals surface area contributed by atoms with Gasteiger partial charge in [-0.3, -0.25) is 4.79 Å². The first-order valence-corrected chi connectivity index (χ1v) is 9.79. The lowest BCUT2D eigenvalue weighted by atomic mass is 9.98. The molecule has 0 fully saturated rings. The fraction of sp³-hybridized carbons (Fsp3) is 0.240. The Morgan fingerprint density at radius 1 is 0.821 bits per heavy atom. The fourth-order valence-corrected chi connectivity index (χ4v) is 3.73. The average Bonchev–Trinajstić information content (AvgIpc) is 2.69. The zero-order valence-corrected chi connectivity index (χ0v) is 17.1. The number of nitrogens with two attached hydrogens (primary N) is 1. The van der Waals surface area contributed by atoms with Gasteiger partial charge in [0.15, 0.2) is 6.04 Å². The van der Waals surface area contributed by atoms with E-state index in [1.54, 1.807) is 0 Å². The van der Waals surface area contributed by atoms with Gasteiger partial charge in [0.25, 0.3) is 5.91 Å². The van der Waals surface area contributed by atoms with Crippen molar-refractivity contribution in [2.45, 2.75) is 39.8 Å². The number of anilines is 1.